The third-order valence-electron chi connectivity index (χ3n) is 4.01. The van der Waals surface area contributed by atoms with Crippen molar-refractivity contribution in [3.05, 3.63) is 29.8 Å². The van der Waals surface area contributed by atoms with Gasteiger partial charge in [-0.3, -0.25) is 0 Å². The summed E-state index contributed by atoms with van der Waals surface area (Å²) in [4.78, 5) is 0.843. The molecule has 0 bridgehead atoms. The van der Waals surface area contributed by atoms with E-state index >= 15 is 0 Å². The summed E-state index contributed by atoms with van der Waals surface area (Å²) < 4.78 is 5.60. The highest BCUT2D eigenvalue weighted by molar-refractivity contribution is 7.80. The number of hydrogen-bond donors (Lipinski definition) is 2. The van der Waals surface area contributed by atoms with Gasteiger partial charge in [-0.1, -0.05) is 26.1 Å². The zero-order valence-electron chi connectivity index (χ0n) is 13.0. The first-order valence-electron chi connectivity index (χ1n) is 7.99. The average Bonchev–Trinajstić information content (AvgIpc) is 3.05. The van der Waals surface area contributed by atoms with Crippen LogP contribution in [0.4, 0.5) is 0 Å². The van der Waals surface area contributed by atoms with E-state index in [9.17, 15) is 0 Å². The van der Waals surface area contributed by atoms with Crippen molar-refractivity contribution in [1.82, 2.24) is 10.6 Å². The summed E-state index contributed by atoms with van der Waals surface area (Å²) in [6.45, 7) is 7.31. The number of rotatable bonds is 7. The van der Waals surface area contributed by atoms with E-state index in [1.165, 1.54) is 6.42 Å². The second-order valence-corrected chi connectivity index (χ2v) is 6.02. The van der Waals surface area contributed by atoms with Crippen LogP contribution in [0, 0.1) is 5.92 Å². The molecule has 2 unspecified atom stereocenters. The molecule has 1 aliphatic heterocycles. The minimum absolute atomic E-state index is 0.462. The molecule has 0 radical (unpaired) electrons. The van der Waals surface area contributed by atoms with Crippen molar-refractivity contribution >= 4 is 17.2 Å². The van der Waals surface area contributed by atoms with Crippen LogP contribution in [0.1, 0.15) is 38.7 Å². The van der Waals surface area contributed by atoms with Crippen molar-refractivity contribution in [2.24, 2.45) is 5.92 Å². The Bertz CT molecular complexity index is 441. The number of ether oxygens (including phenoxy) is 1. The second kappa shape index (κ2) is 8.35. The molecule has 0 spiro atoms. The lowest BCUT2D eigenvalue weighted by molar-refractivity contribution is 0.317. The van der Waals surface area contributed by atoms with Crippen LogP contribution >= 0.6 is 12.2 Å². The monoisotopic (exact) mass is 306 g/mol. The lowest BCUT2D eigenvalue weighted by Crippen LogP contribution is -2.40. The number of benzene rings is 1. The fourth-order valence-corrected chi connectivity index (χ4v) is 3.04. The van der Waals surface area contributed by atoms with E-state index in [0.29, 0.717) is 12.0 Å². The topological polar surface area (TPSA) is 33.3 Å². The Morgan fingerprint density at radius 3 is 2.71 bits per heavy atom. The maximum absolute atomic E-state index is 5.60. The maximum atomic E-state index is 5.60. The van der Waals surface area contributed by atoms with Crippen LogP contribution in [-0.2, 0) is 0 Å². The Balaban J connectivity index is 1.92. The molecule has 116 valence electrons. The molecule has 1 saturated heterocycles. The maximum Gasteiger partial charge on any atom is 0.119 e. The van der Waals surface area contributed by atoms with Crippen LogP contribution < -0.4 is 15.4 Å². The quantitative estimate of drug-likeness (QED) is 0.758. The van der Waals surface area contributed by atoms with Gasteiger partial charge in [0.05, 0.1) is 6.61 Å². The highest BCUT2D eigenvalue weighted by Crippen LogP contribution is 2.17. The standard InChI is InChI=1S/C17H26N2OS/c1-3-11-20-15-7-5-13(6-8-15)17(21)19-16(4-2)14-9-10-18-12-14/h5-8,14,16,18H,3-4,9-12H2,1-2H3,(H,19,21). The van der Waals surface area contributed by atoms with Gasteiger partial charge in [-0.2, -0.15) is 0 Å². The van der Waals surface area contributed by atoms with Crippen LogP contribution in [0.3, 0.4) is 0 Å². The molecule has 0 aliphatic carbocycles. The fourth-order valence-electron chi connectivity index (χ4n) is 2.75. The Labute approximate surface area is 133 Å². The first-order valence-corrected chi connectivity index (χ1v) is 8.39. The molecule has 1 aliphatic rings. The normalized spacial score (nSPS) is 19.2. The van der Waals surface area contributed by atoms with Gasteiger partial charge in [-0.25, -0.2) is 0 Å². The fraction of sp³-hybridized carbons (Fsp3) is 0.588. The van der Waals surface area contributed by atoms with Crippen LogP contribution in [0.2, 0.25) is 0 Å². The van der Waals surface area contributed by atoms with Crippen molar-refractivity contribution in [3.63, 3.8) is 0 Å². The van der Waals surface area contributed by atoms with E-state index in [1.54, 1.807) is 0 Å². The molecular weight excluding hydrogens is 280 g/mol. The van der Waals surface area contributed by atoms with E-state index in [4.69, 9.17) is 17.0 Å². The average molecular weight is 306 g/mol. The molecule has 0 amide bonds. The van der Waals surface area contributed by atoms with Gasteiger partial charge in [0.1, 0.15) is 10.7 Å². The third kappa shape index (κ3) is 4.68. The third-order valence-corrected chi connectivity index (χ3v) is 4.37. The van der Waals surface area contributed by atoms with Gasteiger partial charge in [0.2, 0.25) is 0 Å². The van der Waals surface area contributed by atoms with E-state index in [1.807, 2.05) is 24.3 Å². The summed E-state index contributed by atoms with van der Waals surface area (Å²) in [5, 5.41) is 6.97. The highest BCUT2D eigenvalue weighted by atomic mass is 32.1. The Morgan fingerprint density at radius 2 is 2.14 bits per heavy atom. The van der Waals surface area contributed by atoms with Crippen LogP contribution in [-0.4, -0.2) is 30.7 Å². The van der Waals surface area contributed by atoms with E-state index in [0.717, 1.165) is 48.8 Å². The smallest absolute Gasteiger partial charge is 0.119 e. The van der Waals surface area contributed by atoms with Gasteiger partial charge in [-0.15, -0.1) is 0 Å². The second-order valence-electron chi connectivity index (χ2n) is 5.61. The summed E-state index contributed by atoms with van der Waals surface area (Å²) >= 11 is 5.56. The summed E-state index contributed by atoms with van der Waals surface area (Å²) in [6, 6.07) is 8.54. The number of hydrogen-bond acceptors (Lipinski definition) is 3. The predicted octanol–water partition coefficient (Wildman–Crippen LogP) is 3.13. The van der Waals surface area contributed by atoms with E-state index in [2.05, 4.69) is 24.5 Å². The SMILES string of the molecule is CCCOc1ccc(C(=S)NC(CC)C2CCNC2)cc1. The van der Waals surface area contributed by atoms with Crippen LogP contribution in [0.25, 0.3) is 0 Å². The molecular formula is C17H26N2OS. The Morgan fingerprint density at radius 1 is 1.38 bits per heavy atom. The van der Waals surface area contributed by atoms with Gasteiger partial charge >= 0.3 is 0 Å². The highest BCUT2D eigenvalue weighted by Gasteiger charge is 2.24. The van der Waals surface area contributed by atoms with E-state index in [-0.39, 0.29) is 0 Å². The van der Waals surface area contributed by atoms with Crippen LogP contribution in [0.15, 0.2) is 24.3 Å². The van der Waals surface area contributed by atoms with Crippen molar-refractivity contribution in [3.8, 4) is 5.75 Å². The molecule has 1 fully saturated rings. The van der Waals surface area contributed by atoms with E-state index < -0.39 is 0 Å². The summed E-state index contributed by atoms with van der Waals surface area (Å²) in [5.41, 5.74) is 1.07. The zero-order valence-corrected chi connectivity index (χ0v) is 13.8. The Hall–Kier alpha value is -1.13. The molecule has 21 heavy (non-hydrogen) atoms. The summed E-state index contributed by atoms with van der Waals surface area (Å²) in [6.07, 6.45) is 3.36. The molecule has 0 aromatic heterocycles. The molecule has 2 rings (SSSR count). The minimum atomic E-state index is 0.462. The Kier molecular flexibility index (Phi) is 6.46. The van der Waals surface area contributed by atoms with Crippen molar-refractivity contribution in [2.75, 3.05) is 19.7 Å². The molecule has 1 heterocycles. The predicted molar refractivity (Wildman–Crippen MR) is 92.1 cm³/mol. The number of thiocarbonyl (C=S) groups is 1. The lowest BCUT2D eigenvalue weighted by atomic mass is 9.96. The molecule has 3 nitrogen and oxygen atoms in total. The van der Waals surface area contributed by atoms with Gasteiger partial charge in [0.15, 0.2) is 0 Å². The molecule has 2 N–H and O–H groups in total. The van der Waals surface area contributed by atoms with Crippen molar-refractivity contribution in [1.29, 1.82) is 0 Å². The molecule has 2 atom stereocenters. The molecule has 0 saturated carbocycles. The van der Waals surface area contributed by atoms with Gasteiger partial charge in [-0.05, 0) is 62.5 Å². The summed E-state index contributed by atoms with van der Waals surface area (Å²) in [5.74, 6) is 1.59. The van der Waals surface area contributed by atoms with Crippen molar-refractivity contribution in [2.45, 2.75) is 39.2 Å². The molecule has 4 heteroatoms. The summed E-state index contributed by atoms with van der Waals surface area (Å²) in [7, 11) is 0. The minimum Gasteiger partial charge on any atom is -0.494 e. The number of nitrogens with one attached hydrogen (secondary N) is 2. The first kappa shape index (κ1) is 16.2. The van der Waals surface area contributed by atoms with Gasteiger partial charge in [0.25, 0.3) is 0 Å². The van der Waals surface area contributed by atoms with Gasteiger partial charge in [0, 0.05) is 11.6 Å². The molecule has 1 aromatic rings. The largest absolute Gasteiger partial charge is 0.494 e. The first-order chi connectivity index (χ1) is 10.2. The van der Waals surface area contributed by atoms with Gasteiger partial charge < -0.3 is 15.4 Å². The van der Waals surface area contributed by atoms with Crippen LogP contribution in [0.5, 0.6) is 5.75 Å². The lowest BCUT2D eigenvalue weighted by Gasteiger charge is -2.24. The zero-order chi connectivity index (χ0) is 15.1. The van der Waals surface area contributed by atoms with Crippen molar-refractivity contribution < 1.29 is 4.74 Å². The molecule has 1 aromatic carbocycles.